The molecule has 0 amide bonds. The van der Waals surface area contributed by atoms with E-state index in [0.717, 1.165) is 13.1 Å². The summed E-state index contributed by atoms with van der Waals surface area (Å²) >= 11 is 0. The lowest BCUT2D eigenvalue weighted by molar-refractivity contribution is 0.168. The van der Waals surface area contributed by atoms with Crippen LogP contribution in [0.15, 0.2) is 0 Å². The Morgan fingerprint density at radius 1 is 1.45 bits per heavy atom. The van der Waals surface area contributed by atoms with E-state index in [4.69, 9.17) is 5.11 Å². The average Bonchev–Trinajstić information content (AvgIpc) is 2.33. The summed E-state index contributed by atoms with van der Waals surface area (Å²) in [5.41, 5.74) is 0. The van der Waals surface area contributed by atoms with Crippen LogP contribution in [0.4, 0.5) is 0 Å². The maximum atomic E-state index is 8.92. The Hall–Kier alpha value is 0.170. The van der Waals surface area contributed by atoms with Crippen LogP contribution in [0.3, 0.4) is 0 Å². The topological polar surface area (TPSA) is 35.5 Å². The molecule has 1 heterocycles. The number of aliphatic hydroxyl groups excluding tert-OH is 1. The highest BCUT2D eigenvalue weighted by molar-refractivity contribution is 5.85. The Bertz CT molecular complexity index is 111. The third kappa shape index (κ3) is 2.60. The standard InChI is InChI=1S/C7H16N2O.ClH/c1-9(2)7-4-8-3-6(7)5-10;/h6-8,10H,3-5H2,1-2H3;1H/t6-,7-;/m0./s1. The van der Waals surface area contributed by atoms with E-state index in [0.29, 0.717) is 18.6 Å². The van der Waals surface area contributed by atoms with Gasteiger partial charge in [-0.15, -0.1) is 12.4 Å². The molecular formula is C7H17ClN2O. The highest BCUT2D eigenvalue weighted by Gasteiger charge is 2.27. The molecule has 0 aromatic carbocycles. The molecule has 0 spiro atoms. The molecule has 11 heavy (non-hydrogen) atoms. The molecule has 0 saturated carbocycles. The number of hydrogen-bond acceptors (Lipinski definition) is 3. The van der Waals surface area contributed by atoms with Gasteiger partial charge in [-0.25, -0.2) is 0 Å². The predicted octanol–water partition coefficient (Wildman–Crippen LogP) is -0.450. The molecule has 0 radical (unpaired) electrons. The summed E-state index contributed by atoms with van der Waals surface area (Å²) in [7, 11) is 4.11. The molecular weight excluding hydrogens is 164 g/mol. The van der Waals surface area contributed by atoms with Gasteiger partial charge in [0.05, 0.1) is 0 Å². The second-order valence-corrected chi connectivity index (χ2v) is 3.13. The van der Waals surface area contributed by atoms with Crippen LogP contribution in [0.25, 0.3) is 0 Å². The van der Waals surface area contributed by atoms with E-state index in [9.17, 15) is 0 Å². The summed E-state index contributed by atoms with van der Waals surface area (Å²) in [5.74, 6) is 0.426. The number of hydrogen-bond donors (Lipinski definition) is 2. The zero-order chi connectivity index (χ0) is 7.56. The van der Waals surface area contributed by atoms with Gasteiger partial charge in [-0.1, -0.05) is 0 Å². The fourth-order valence-electron chi connectivity index (χ4n) is 1.51. The van der Waals surface area contributed by atoms with Crippen molar-refractivity contribution in [3.8, 4) is 0 Å². The Morgan fingerprint density at radius 2 is 2.09 bits per heavy atom. The zero-order valence-corrected chi connectivity index (χ0v) is 7.90. The maximum Gasteiger partial charge on any atom is 0.0486 e. The van der Waals surface area contributed by atoms with E-state index in [1.165, 1.54) is 0 Å². The van der Waals surface area contributed by atoms with E-state index in [2.05, 4.69) is 24.3 Å². The summed E-state index contributed by atoms with van der Waals surface area (Å²) in [5, 5.41) is 12.2. The summed E-state index contributed by atoms with van der Waals surface area (Å²) in [6, 6.07) is 0.519. The Morgan fingerprint density at radius 3 is 2.45 bits per heavy atom. The number of rotatable bonds is 2. The summed E-state index contributed by atoms with van der Waals surface area (Å²) in [6.45, 7) is 2.27. The van der Waals surface area contributed by atoms with E-state index in [1.54, 1.807) is 0 Å². The molecule has 3 nitrogen and oxygen atoms in total. The normalized spacial score (nSPS) is 30.5. The molecule has 1 aliphatic heterocycles. The second-order valence-electron chi connectivity index (χ2n) is 3.13. The maximum absolute atomic E-state index is 8.92. The van der Waals surface area contributed by atoms with E-state index in [-0.39, 0.29) is 12.4 Å². The SMILES string of the molecule is CN(C)[C@H]1CNC[C@H]1CO.Cl. The first-order valence-corrected chi connectivity index (χ1v) is 3.73. The van der Waals surface area contributed by atoms with Gasteiger partial charge in [0.15, 0.2) is 0 Å². The first kappa shape index (κ1) is 11.2. The molecule has 2 atom stereocenters. The van der Waals surface area contributed by atoms with Crippen molar-refractivity contribution in [3.05, 3.63) is 0 Å². The number of nitrogens with zero attached hydrogens (tertiary/aromatic N) is 1. The average molecular weight is 181 g/mol. The largest absolute Gasteiger partial charge is 0.396 e. The summed E-state index contributed by atoms with van der Waals surface area (Å²) < 4.78 is 0. The minimum absolute atomic E-state index is 0. The molecule has 1 aliphatic rings. The van der Waals surface area contributed by atoms with Crippen molar-refractivity contribution in [1.29, 1.82) is 0 Å². The van der Waals surface area contributed by atoms with E-state index in [1.807, 2.05) is 0 Å². The van der Waals surface area contributed by atoms with Gasteiger partial charge in [-0.2, -0.15) is 0 Å². The van der Waals surface area contributed by atoms with Crippen LogP contribution < -0.4 is 5.32 Å². The van der Waals surface area contributed by atoms with Crippen LogP contribution in [-0.2, 0) is 0 Å². The molecule has 1 saturated heterocycles. The molecule has 1 rings (SSSR count). The van der Waals surface area contributed by atoms with E-state index < -0.39 is 0 Å². The van der Waals surface area contributed by atoms with Crippen molar-refractivity contribution >= 4 is 12.4 Å². The fraction of sp³-hybridized carbons (Fsp3) is 1.00. The minimum Gasteiger partial charge on any atom is -0.396 e. The van der Waals surface area contributed by atoms with Crippen LogP contribution in [0.1, 0.15) is 0 Å². The molecule has 0 aliphatic carbocycles. The highest BCUT2D eigenvalue weighted by Crippen LogP contribution is 2.11. The van der Waals surface area contributed by atoms with Crippen molar-refractivity contribution in [1.82, 2.24) is 10.2 Å². The van der Waals surface area contributed by atoms with Gasteiger partial charge in [0.1, 0.15) is 0 Å². The summed E-state index contributed by atoms with van der Waals surface area (Å²) in [6.07, 6.45) is 0. The van der Waals surface area contributed by atoms with Crippen molar-refractivity contribution in [2.24, 2.45) is 5.92 Å². The van der Waals surface area contributed by atoms with Gasteiger partial charge in [0.25, 0.3) is 0 Å². The second kappa shape index (κ2) is 4.93. The van der Waals surface area contributed by atoms with Gasteiger partial charge in [0.2, 0.25) is 0 Å². The Kier molecular flexibility index (Phi) is 5.01. The predicted molar refractivity (Wildman–Crippen MR) is 48.2 cm³/mol. The van der Waals surface area contributed by atoms with Crippen LogP contribution >= 0.6 is 12.4 Å². The molecule has 2 N–H and O–H groups in total. The van der Waals surface area contributed by atoms with Crippen molar-refractivity contribution in [3.63, 3.8) is 0 Å². The van der Waals surface area contributed by atoms with Crippen molar-refractivity contribution in [2.45, 2.75) is 6.04 Å². The van der Waals surface area contributed by atoms with Gasteiger partial charge >= 0.3 is 0 Å². The molecule has 1 fully saturated rings. The van der Waals surface area contributed by atoms with Gasteiger partial charge in [0, 0.05) is 31.7 Å². The molecule has 0 bridgehead atoms. The van der Waals surface area contributed by atoms with Crippen LogP contribution in [0.5, 0.6) is 0 Å². The lowest BCUT2D eigenvalue weighted by Crippen LogP contribution is -2.36. The first-order chi connectivity index (χ1) is 4.75. The first-order valence-electron chi connectivity index (χ1n) is 3.73. The number of halogens is 1. The van der Waals surface area contributed by atoms with Gasteiger partial charge in [-0.05, 0) is 14.1 Å². The van der Waals surface area contributed by atoms with Crippen molar-refractivity contribution < 1.29 is 5.11 Å². The number of nitrogens with one attached hydrogen (secondary N) is 1. The third-order valence-electron chi connectivity index (χ3n) is 2.20. The number of aliphatic hydroxyl groups is 1. The van der Waals surface area contributed by atoms with Gasteiger partial charge in [-0.3, -0.25) is 0 Å². The zero-order valence-electron chi connectivity index (χ0n) is 7.08. The number of likely N-dealkylation sites (N-methyl/N-ethyl adjacent to an activating group) is 1. The molecule has 0 aromatic heterocycles. The highest BCUT2D eigenvalue weighted by atomic mass is 35.5. The minimum atomic E-state index is 0. The molecule has 0 unspecified atom stereocenters. The monoisotopic (exact) mass is 180 g/mol. The lowest BCUT2D eigenvalue weighted by atomic mass is 10.0. The molecule has 0 aromatic rings. The summed E-state index contributed by atoms with van der Waals surface area (Å²) in [4.78, 5) is 2.17. The Balaban J connectivity index is 0.000001000. The van der Waals surface area contributed by atoms with Crippen LogP contribution in [0, 0.1) is 5.92 Å². The third-order valence-corrected chi connectivity index (χ3v) is 2.20. The smallest absolute Gasteiger partial charge is 0.0486 e. The van der Waals surface area contributed by atoms with Crippen LogP contribution in [-0.4, -0.2) is 49.8 Å². The molecule has 68 valence electrons. The van der Waals surface area contributed by atoms with Gasteiger partial charge < -0.3 is 15.3 Å². The fourth-order valence-corrected chi connectivity index (χ4v) is 1.51. The van der Waals surface area contributed by atoms with Crippen molar-refractivity contribution in [2.75, 3.05) is 33.8 Å². The lowest BCUT2D eigenvalue weighted by Gasteiger charge is -2.23. The Labute approximate surface area is 74.2 Å². The van der Waals surface area contributed by atoms with Crippen LogP contribution in [0.2, 0.25) is 0 Å². The molecule has 4 heteroatoms. The van der Waals surface area contributed by atoms with E-state index >= 15 is 0 Å². The quantitative estimate of drug-likeness (QED) is 0.605.